The summed E-state index contributed by atoms with van der Waals surface area (Å²) in [6.45, 7) is 2.87. The number of carbonyl (C=O) groups is 1. The second-order valence-corrected chi connectivity index (χ2v) is 4.75. The lowest BCUT2D eigenvalue weighted by molar-refractivity contribution is -0.115. The zero-order chi connectivity index (χ0) is 15.1. The highest BCUT2D eigenvalue weighted by Gasteiger charge is 2.06. The molecule has 21 heavy (non-hydrogen) atoms. The molecule has 110 valence electrons. The standard InChI is InChI=1S/C17H19FN2O/c1-2-13-7-3-4-8-14(13)11-19-12-17(21)20-16-10-6-5-9-15(16)18/h3-10,19H,2,11-12H2,1H3,(H,20,21). The third kappa shape index (κ3) is 4.39. The molecule has 0 aromatic heterocycles. The summed E-state index contributed by atoms with van der Waals surface area (Å²) in [6.07, 6.45) is 0.958. The molecule has 0 fully saturated rings. The first-order valence-electron chi connectivity index (χ1n) is 7.02. The summed E-state index contributed by atoms with van der Waals surface area (Å²) < 4.78 is 13.4. The van der Waals surface area contributed by atoms with Crippen molar-refractivity contribution < 1.29 is 9.18 Å². The normalized spacial score (nSPS) is 10.4. The van der Waals surface area contributed by atoms with Gasteiger partial charge in [-0.3, -0.25) is 4.79 Å². The van der Waals surface area contributed by atoms with Crippen molar-refractivity contribution in [2.24, 2.45) is 0 Å². The largest absolute Gasteiger partial charge is 0.322 e. The lowest BCUT2D eigenvalue weighted by atomic mass is 10.1. The third-order valence-corrected chi connectivity index (χ3v) is 3.25. The van der Waals surface area contributed by atoms with Crippen molar-refractivity contribution in [1.29, 1.82) is 0 Å². The molecule has 1 amide bonds. The molecule has 0 saturated carbocycles. The van der Waals surface area contributed by atoms with E-state index in [2.05, 4.69) is 23.6 Å². The van der Waals surface area contributed by atoms with Crippen LogP contribution in [0, 0.1) is 5.82 Å². The summed E-state index contributed by atoms with van der Waals surface area (Å²) in [6, 6.07) is 14.2. The third-order valence-electron chi connectivity index (χ3n) is 3.25. The van der Waals surface area contributed by atoms with E-state index in [1.54, 1.807) is 18.2 Å². The first-order chi connectivity index (χ1) is 10.2. The fourth-order valence-corrected chi connectivity index (χ4v) is 2.14. The molecule has 0 atom stereocenters. The molecule has 0 spiro atoms. The minimum atomic E-state index is -0.429. The minimum absolute atomic E-state index is 0.145. The molecule has 0 aliphatic carbocycles. The molecule has 0 heterocycles. The summed E-state index contributed by atoms with van der Waals surface area (Å²) in [4.78, 5) is 11.8. The van der Waals surface area contributed by atoms with E-state index in [4.69, 9.17) is 0 Å². The zero-order valence-corrected chi connectivity index (χ0v) is 12.0. The Morgan fingerprint density at radius 2 is 1.71 bits per heavy atom. The number of benzene rings is 2. The zero-order valence-electron chi connectivity index (χ0n) is 12.0. The molecule has 2 N–H and O–H groups in total. The molecule has 4 heteroatoms. The molecular formula is C17H19FN2O. The van der Waals surface area contributed by atoms with Crippen molar-refractivity contribution in [1.82, 2.24) is 5.32 Å². The van der Waals surface area contributed by atoms with Crippen LogP contribution in [0.15, 0.2) is 48.5 Å². The van der Waals surface area contributed by atoms with Crippen molar-refractivity contribution in [2.75, 3.05) is 11.9 Å². The average molecular weight is 286 g/mol. The van der Waals surface area contributed by atoms with Gasteiger partial charge in [-0.2, -0.15) is 0 Å². The van der Waals surface area contributed by atoms with Gasteiger partial charge in [-0.05, 0) is 29.7 Å². The molecule has 2 rings (SSSR count). The van der Waals surface area contributed by atoms with Crippen molar-refractivity contribution in [3.05, 3.63) is 65.5 Å². The summed E-state index contributed by atoms with van der Waals surface area (Å²) in [7, 11) is 0. The van der Waals surface area contributed by atoms with Gasteiger partial charge in [0, 0.05) is 6.54 Å². The van der Waals surface area contributed by atoms with Crippen LogP contribution < -0.4 is 10.6 Å². The Hall–Kier alpha value is -2.20. The summed E-state index contributed by atoms with van der Waals surface area (Å²) in [5.74, 6) is -0.684. The van der Waals surface area contributed by atoms with Gasteiger partial charge in [-0.25, -0.2) is 4.39 Å². The van der Waals surface area contributed by atoms with Gasteiger partial charge in [0.05, 0.1) is 12.2 Å². The average Bonchev–Trinajstić information content (AvgIpc) is 2.50. The van der Waals surface area contributed by atoms with E-state index in [-0.39, 0.29) is 18.1 Å². The van der Waals surface area contributed by atoms with E-state index in [0.29, 0.717) is 6.54 Å². The highest BCUT2D eigenvalue weighted by atomic mass is 19.1. The van der Waals surface area contributed by atoms with Gasteiger partial charge < -0.3 is 10.6 Å². The van der Waals surface area contributed by atoms with Crippen molar-refractivity contribution in [2.45, 2.75) is 19.9 Å². The van der Waals surface area contributed by atoms with Gasteiger partial charge >= 0.3 is 0 Å². The fourth-order valence-electron chi connectivity index (χ4n) is 2.14. The van der Waals surface area contributed by atoms with E-state index in [1.807, 2.05) is 18.2 Å². The number of hydrogen-bond acceptors (Lipinski definition) is 2. The predicted molar refractivity (Wildman–Crippen MR) is 82.6 cm³/mol. The SMILES string of the molecule is CCc1ccccc1CNCC(=O)Nc1ccccc1F. The van der Waals surface area contributed by atoms with Gasteiger partial charge in [0.2, 0.25) is 5.91 Å². The smallest absolute Gasteiger partial charge is 0.238 e. The van der Waals surface area contributed by atoms with Gasteiger partial charge in [0.1, 0.15) is 5.82 Å². The van der Waals surface area contributed by atoms with Gasteiger partial charge in [0.25, 0.3) is 0 Å². The van der Waals surface area contributed by atoms with E-state index >= 15 is 0 Å². The molecule has 0 unspecified atom stereocenters. The van der Waals surface area contributed by atoms with Crippen LogP contribution in [0.3, 0.4) is 0 Å². The van der Waals surface area contributed by atoms with Crippen molar-refractivity contribution >= 4 is 11.6 Å². The van der Waals surface area contributed by atoms with Gasteiger partial charge in [0.15, 0.2) is 0 Å². The van der Waals surface area contributed by atoms with Gasteiger partial charge in [-0.15, -0.1) is 0 Å². The fraction of sp³-hybridized carbons (Fsp3) is 0.235. The Kier molecular flexibility index (Phi) is 5.46. The lowest BCUT2D eigenvalue weighted by Gasteiger charge is -2.10. The molecule has 3 nitrogen and oxygen atoms in total. The van der Waals surface area contributed by atoms with Crippen molar-refractivity contribution in [3.8, 4) is 0 Å². The van der Waals surface area contributed by atoms with Crippen LogP contribution in [0.4, 0.5) is 10.1 Å². The maximum atomic E-state index is 13.4. The lowest BCUT2D eigenvalue weighted by Crippen LogP contribution is -2.28. The van der Waals surface area contributed by atoms with E-state index in [1.165, 1.54) is 17.2 Å². The first-order valence-corrected chi connectivity index (χ1v) is 7.02. The molecule has 0 bridgehead atoms. The first kappa shape index (κ1) is 15.2. The number of nitrogens with one attached hydrogen (secondary N) is 2. The Balaban J connectivity index is 1.83. The Morgan fingerprint density at radius 3 is 2.43 bits per heavy atom. The number of rotatable bonds is 6. The Bertz CT molecular complexity index is 613. The minimum Gasteiger partial charge on any atom is -0.322 e. The van der Waals surface area contributed by atoms with Crippen molar-refractivity contribution in [3.63, 3.8) is 0 Å². The predicted octanol–water partition coefficient (Wildman–Crippen LogP) is 3.12. The monoisotopic (exact) mass is 286 g/mol. The molecular weight excluding hydrogens is 267 g/mol. The number of aryl methyl sites for hydroxylation is 1. The van der Waals surface area contributed by atoms with E-state index in [0.717, 1.165) is 6.42 Å². The molecule has 2 aromatic carbocycles. The Labute approximate surface area is 124 Å². The molecule has 0 radical (unpaired) electrons. The topological polar surface area (TPSA) is 41.1 Å². The van der Waals surface area contributed by atoms with Crippen LogP contribution in [-0.2, 0) is 17.8 Å². The van der Waals surface area contributed by atoms with Gasteiger partial charge in [-0.1, -0.05) is 43.3 Å². The number of amides is 1. The number of para-hydroxylation sites is 1. The molecule has 0 saturated heterocycles. The number of hydrogen-bond donors (Lipinski definition) is 2. The second kappa shape index (κ2) is 7.55. The number of anilines is 1. The van der Waals surface area contributed by atoms with Crippen LogP contribution in [0.25, 0.3) is 0 Å². The summed E-state index contributed by atoms with van der Waals surface area (Å²) >= 11 is 0. The molecule has 2 aromatic rings. The summed E-state index contributed by atoms with van der Waals surface area (Å²) in [5.41, 5.74) is 2.65. The highest BCUT2D eigenvalue weighted by molar-refractivity contribution is 5.92. The van der Waals surface area contributed by atoms with E-state index in [9.17, 15) is 9.18 Å². The molecule has 0 aliphatic heterocycles. The Morgan fingerprint density at radius 1 is 1.05 bits per heavy atom. The van der Waals surface area contributed by atoms with Crippen LogP contribution in [0.5, 0.6) is 0 Å². The molecule has 0 aliphatic rings. The van der Waals surface area contributed by atoms with Crippen LogP contribution in [0.1, 0.15) is 18.1 Å². The quantitative estimate of drug-likeness (QED) is 0.856. The second-order valence-electron chi connectivity index (χ2n) is 4.75. The van der Waals surface area contributed by atoms with E-state index < -0.39 is 5.82 Å². The summed E-state index contributed by atoms with van der Waals surface area (Å²) in [5, 5.41) is 5.63. The van der Waals surface area contributed by atoms with Crippen LogP contribution in [-0.4, -0.2) is 12.5 Å². The highest BCUT2D eigenvalue weighted by Crippen LogP contribution is 2.12. The maximum Gasteiger partial charge on any atom is 0.238 e. The van der Waals surface area contributed by atoms with Crippen LogP contribution >= 0.6 is 0 Å². The number of halogens is 1. The maximum absolute atomic E-state index is 13.4. The number of carbonyl (C=O) groups excluding carboxylic acids is 1. The van der Waals surface area contributed by atoms with Crippen LogP contribution in [0.2, 0.25) is 0 Å².